The zero-order valence-corrected chi connectivity index (χ0v) is 16.9. The summed E-state index contributed by atoms with van der Waals surface area (Å²) in [5, 5.41) is 2.72. The number of amides is 2. The third-order valence-electron chi connectivity index (χ3n) is 5.77. The van der Waals surface area contributed by atoms with Gasteiger partial charge in [-0.1, -0.05) is 6.07 Å². The highest BCUT2D eigenvalue weighted by Gasteiger charge is 2.31. The van der Waals surface area contributed by atoms with Crippen molar-refractivity contribution >= 4 is 29.3 Å². The standard InChI is InChI=1S/C22H23FN4O4/c23-20-15(13-27-5-8-31-22(27)29)1-2-18-19(20)17(21(28)25-18)10-16-9-14(11-24-16)12-26-3-6-30-7-4-26/h1-2,9-11,24H,3-8,12-13H2,(H,25,28). The van der Waals surface area contributed by atoms with Crippen LogP contribution in [0.3, 0.4) is 0 Å². The number of anilines is 1. The molecule has 4 heterocycles. The van der Waals surface area contributed by atoms with Gasteiger partial charge in [0.25, 0.3) is 5.91 Å². The van der Waals surface area contributed by atoms with Crippen LogP contribution in [0.15, 0.2) is 24.4 Å². The normalized spacial score (nSPS) is 20.3. The second-order valence-electron chi connectivity index (χ2n) is 7.86. The molecule has 0 aliphatic carbocycles. The Morgan fingerprint density at radius 3 is 2.71 bits per heavy atom. The molecular weight excluding hydrogens is 403 g/mol. The van der Waals surface area contributed by atoms with Crippen molar-refractivity contribution in [2.75, 3.05) is 44.8 Å². The van der Waals surface area contributed by atoms with E-state index < -0.39 is 11.9 Å². The van der Waals surface area contributed by atoms with E-state index in [1.54, 1.807) is 18.2 Å². The van der Waals surface area contributed by atoms with Gasteiger partial charge in [0.05, 0.1) is 37.6 Å². The number of carbonyl (C=O) groups excluding carboxylic acids is 2. The van der Waals surface area contributed by atoms with Crippen LogP contribution in [0, 0.1) is 5.82 Å². The molecule has 8 nitrogen and oxygen atoms in total. The highest BCUT2D eigenvalue weighted by molar-refractivity contribution is 6.35. The molecule has 31 heavy (non-hydrogen) atoms. The van der Waals surface area contributed by atoms with Crippen molar-refractivity contribution in [1.82, 2.24) is 14.8 Å². The summed E-state index contributed by atoms with van der Waals surface area (Å²) in [5.41, 5.74) is 3.10. The zero-order chi connectivity index (χ0) is 21.4. The Morgan fingerprint density at radius 2 is 1.94 bits per heavy atom. The van der Waals surface area contributed by atoms with Crippen molar-refractivity contribution in [2.24, 2.45) is 0 Å². The van der Waals surface area contributed by atoms with Gasteiger partial charge in [0.1, 0.15) is 12.4 Å². The van der Waals surface area contributed by atoms with Crippen LogP contribution in [0.4, 0.5) is 14.9 Å². The molecule has 1 aromatic carbocycles. The molecule has 0 unspecified atom stereocenters. The molecule has 2 saturated heterocycles. The van der Waals surface area contributed by atoms with Crippen LogP contribution < -0.4 is 5.32 Å². The van der Waals surface area contributed by atoms with Crippen LogP contribution in [-0.2, 0) is 27.4 Å². The van der Waals surface area contributed by atoms with E-state index in [2.05, 4.69) is 15.2 Å². The number of nitrogens with zero attached hydrogens (tertiary/aromatic N) is 2. The number of fused-ring (bicyclic) bond motifs is 1. The van der Waals surface area contributed by atoms with Crippen molar-refractivity contribution in [1.29, 1.82) is 0 Å². The van der Waals surface area contributed by atoms with Crippen molar-refractivity contribution in [3.8, 4) is 0 Å². The number of aromatic amines is 1. The molecule has 3 aliphatic rings. The Bertz CT molecular complexity index is 1060. The first kappa shape index (κ1) is 19.8. The minimum absolute atomic E-state index is 0.103. The Labute approximate surface area is 178 Å². The van der Waals surface area contributed by atoms with Gasteiger partial charge in [-0.05, 0) is 23.8 Å². The maximum Gasteiger partial charge on any atom is 0.410 e. The Kier molecular flexibility index (Phi) is 5.21. The number of aromatic nitrogens is 1. The summed E-state index contributed by atoms with van der Waals surface area (Å²) < 4.78 is 25.6. The second kappa shape index (κ2) is 8.16. The van der Waals surface area contributed by atoms with Crippen LogP contribution in [0.2, 0.25) is 0 Å². The highest BCUT2D eigenvalue weighted by atomic mass is 19.1. The maximum absolute atomic E-state index is 15.4. The van der Waals surface area contributed by atoms with Gasteiger partial charge in [-0.2, -0.15) is 0 Å². The molecule has 0 radical (unpaired) electrons. The third kappa shape index (κ3) is 3.94. The molecule has 0 spiro atoms. The van der Waals surface area contributed by atoms with Crippen LogP contribution in [0.5, 0.6) is 0 Å². The largest absolute Gasteiger partial charge is 0.448 e. The minimum Gasteiger partial charge on any atom is -0.448 e. The Morgan fingerprint density at radius 1 is 1.10 bits per heavy atom. The van der Waals surface area contributed by atoms with Crippen molar-refractivity contribution < 1.29 is 23.5 Å². The second-order valence-corrected chi connectivity index (χ2v) is 7.86. The molecule has 2 N–H and O–H groups in total. The number of rotatable bonds is 5. The molecule has 2 fully saturated rings. The fraction of sp³-hybridized carbons (Fsp3) is 0.364. The maximum atomic E-state index is 15.4. The van der Waals surface area contributed by atoms with Gasteiger partial charge in [0.2, 0.25) is 0 Å². The fourth-order valence-electron chi connectivity index (χ4n) is 4.13. The summed E-state index contributed by atoms with van der Waals surface area (Å²) >= 11 is 0. The number of H-pyrrole nitrogens is 1. The van der Waals surface area contributed by atoms with Gasteiger partial charge in [-0.15, -0.1) is 0 Å². The quantitative estimate of drug-likeness (QED) is 0.718. The molecule has 0 saturated carbocycles. The number of nitrogens with one attached hydrogen (secondary N) is 2. The van der Waals surface area contributed by atoms with Gasteiger partial charge in [0, 0.05) is 42.7 Å². The number of benzene rings is 1. The molecule has 2 aromatic rings. The number of halogens is 1. The first-order valence-corrected chi connectivity index (χ1v) is 10.3. The van der Waals surface area contributed by atoms with E-state index in [1.165, 1.54) is 4.90 Å². The first-order valence-electron chi connectivity index (χ1n) is 10.3. The topological polar surface area (TPSA) is 86.9 Å². The van der Waals surface area contributed by atoms with Crippen molar-refractivity contribution in [3.05, 3.63) is 52.6 Å². The van der Waals surface area contributed by atoms with E-state index >= 15 is 4.39 Å². The smallest absolute Gasteiger partial charge is 0.410 e. The van der Waals surface area contributed by atoms with Crippen LogP contribution in [0.1, 0.15) is 22.4 Å². The fourth-order valence-corrected chi connectivity index (χ4v) is 4.13. The zero-order valence-electron chi connectivity index (χ0n) is 16.9. The number of cyclic esters (lactones) is 1. The molecule has 9 heteroatoms. The van der Waals surface area contributed by atoms with E-state index in [0.717, 1.165) is 44.1 Å². The third-order valence-corrected chi connectivity index (χ3v) is 5.77. The Balaban J connectivity index is 1.39. The average molecular weight is 426 g/mol. The lowest BCUT2D eigenvalue weighted by Gasteiger charge is -2.25. The number of morpholine rings is 1. The predicted molar refractivity (Wildman–Crippen MR) is 112 cm³/mol. The number of carbonyl (C=O) groups is 2. The summed E-state index contributed by atoms with van der Waals surface area (Å²) in [6.07, 6.45) is 3.12. The molecule has 2 amide bonds. The molecule has 1 aromatic heterocycles. The number of hydrogen-bond donors (Lipinski definition) is 2. The molecule has 0 bridgehead atoms. The molecule has 5 rings (SSSR count). The first-order chi connectivity index (χ1) is 15.1. The Hall–Kier alpha value is -3.17. The summed E-state index contributed by atoms with van der Waals surface area (Å²) in [4.78, 5) is 31.2. The van der Waals surface area contributed by atoms with Gasteiger partial charge in [-0.25, -0.2) is 9.18 Å². The lowest BCUT2D eigenvalue weighted by molar-refractivity contribution is -0.110. The lowest BCUT2D eigenvalue weighted by atomic mass is 10.0. The summed E-state index contributed by atoms with van der Waals surface area (Å²) in [5.74, 6) is -0.849. The summed E-state index contributed by atoms with van der Waals surface area (Å²) in [7, 11) is 0. The van der Waals surface area contributed by atoms with Gasteiger partial charge >= 0.3 is 6.09 Å². The van der Waals surface area contributed by atoms with Gasteiger partial charge in [-0.3, -0.25) is 9.69 Å². The molecule has 162 valence electrons. The van der Waals surface area contributed by atoms with Gasteiger partial charge in [0.15, 0.2) is 0 Å². The monoisotopic (exact) mass is 426 g/mol. The van der Waals surface area contributed by atoms with E-state index in [0.29, 0.717) is 24.4 Å². The molecule has 0 atom stereocenters. The van der Waals surface area contributed by atoms with Crippen LogP contribution >= 0.6 is 0 Å². The van der Waals surface area contributed by atoms with Crippen LogP contribution in [0.25, 0.3) is 11.6 Å². The van der Waals surface area contributed by atoms with Crippen molar-refractivity contribution in [3.63, 3.8) is 0 Å². The summed E-state index contributed by atoms with van der Waals surface area (Å²) in [6, 6.07) is 5.24. The van der Waals surface area contributed by atoms with E-state index in [9.17, 15) is 9.59 Å². The molecule has 3 aliphatic heterocycles. The van der Waals surface area contributed by atoms with Crippen molar-refractivity contribution in [2.45, 2.75) is 13.1 Å². The van der Waals surface area contributed by atoms with E-state index in [-0.39, 0.29) is 23.6 Å². The minimum atomic E-state index is -0.498. The number of hydrogen-bond acceptors (Lipinski definition) is 5. The van der Waals surface area contributed by atoms with E-state index in [4.69, 9.17) is 9.47 Å². The molecular formula is C22H23FN4O4. The highest BCUT2D eigenvalue weighted by Crippen LogP contribution is 2.37. The summed E-state index contributed by atoms with van der Waals surface area (Å²) in [6.45, 7) is 4.84. The SMILES string of the molecule is O=C1Nc2ccc(CN3CCOC3=O)c(F)c2C1=Cc1cc(CN2CCOCC2)c[nH]1. The average Bonchev–Trinajstić information content (AvgIpc) is 3.46. The van der Waals surface area contributed by atoms with E-state index in [1.807, 2.05) is 12.3 Å². The van der Waals surface area contributed by atoms with Crippen LogP contribution in [-0.4, -0.2) is 66.2 Å². The lowest BCUT2D eigenvalue weighted by Crippen LogP contribution is -2.35. The predicted octanol–water partition coefficient (Wildman–Crippen LogP) is 2.43. The van der Waals surface area contributed by atoms with Gasteiger partial charge < -0.3 is 24.7 Å². The number of ether oxygens (including phenoxy) is 2.